The fourth-order valence-corrected chi connectivity index (χ4v) is 5.39. The first-order chi connectivity index (χ1) is 14.6. The third-order valence-corrected chi connectivity index (χ3v) is 7.06. The van der Waals surface area contributed by atoms with Gasteiger partial charge >= 0.3 is 5.97 Å². The number of benzene rings is 2. The molecule has 7 heteroatoms. The van der Waals surface area contributed by atoms with Gasteiger partial charge in [-0.3, -0.25) is 4.79 Å². The van der Waals surface area contributed by atoms with Crippen molar-refractivity contribution in [3.63, 3.8) is 0 Å². The van der Waals surface area contributed by atoms with Crippen LogP contribution in [0.3, 0.4) is 0 Å². The van der Waals surface area contributed by atoms with Gasteiger partial charge in [0.1, 0.15) is 5.60 Å². The molecule has 1 saturated heterocycles. The smallest absolute Gasteiger partial charge is 0.339 e. The van der Waals surface area contributed by atoms with Crippen LogP contribution in [0.1, 0.15) is 34.3 Å². The molecule has 1 fully saturated rings. The molecular weight excluding hydrogens is 400 g/mol. The Morgan fingerprint density at radius 1 is 1.07 bits per heavy atom. The lowest BCUT2D eigenvalue weighted by molar-refractivity contribution is -0.113. The van der Waals surface area contributed by atoms with Crippen molar-refractivity contribution < 1.29 is 19.4 Å². The Kier molecular flexibility index (Phi) is 4.72. The van der Waals surface area contributed by atoms with E-state index in [1.807, 2.05) is 54.6 Å². The van der Waals surface area contributed by atoms with Crippen molar-refractivity contribution in [1.82, 2.24) is 4.90 Å². The van der Waals surface area contributed by atoms with Crippen LogP contribution in [0.25, 0.3) is 5.57 Å². The summed E-state index contributed by atoms with van der Waals surface area (Å²) in [7, 11) is 0. The standard InChI is InChI=1S/C23H20N2O4S/c26-14-17(15-6-2-1-3-7-15)19-20(27)24-22(30-19)25-12-10-23(11-13-25)18-9-5-4-8-16(18)21(28)29-23/h1-9,26H,10-14H2/b19-17-. The van der Waals surface area contributed by atoms with Gasteiger partial charge in [-0.15, -0.1) is 0 Å². The minimum absolute atomic E-state index is 0.225. The summed E-state index contributed by atoms with van der Waals surface area (Å²) in [5.41, 5.74) is 2.43. The number of esters is 1. The second-order valence-corrected chi connectivity index (χ2v) is 8.53. The van der Waals surface area contributed by atoms with Gasteiger partial charge in [-0.05, 0) is 23.4 Å². The monoisotopic (exact) mass is 420 g/mol. The molecule has 3 heterocycles. The quantitative estimate of drug-likeness (QED) is 0.594. The molecular formula is C23H20N2O4S. The Morgan fingerprint density at radius 3 is 2.50 bits per heavy atom. The van der Waals surface area contributed by atoms with Gasteiger partial charge in [-0.25, -0.2) is 4.79 Å². The third-order valence-electron chi connectivity index (χ3n) is 5.91. The van der Waals surface area contributed by atoms with E-state index in [2.05, 4.69) is 9.89 Å². The first-order valence-electron chi connectivity index (χ1n) is 9.89. The average Bonchev–Trinajstić information content (AvgIpc) is 3.29. The molecule has 3 aliphatic rings. The van der Waals surface area contributed by atoms with Crippen LogP contribution in [0.4, 0.5) is 0 Å². The number of aliphatic hydroxyl groups is 1. The molecule has 0 atom stereocenters. The number of aliphatic imine (C=N–C) groups is 1. The molecule has 0 saturated carbocycles. The first-order valence-corrected chi connectivity index (χ1v) is 10.7. The zero-order valence-electron chi connectivity index (χ0n) is 16.2. The molecule has 0 aliphatic carbocycles. The van der Waals surface area contributed by atoms with E-state index in [-0.39, 0.29) is 18.5 Å². The van der Waals surface area contributed by atoms with Crippen LogP contribution >= 0.6 is 11.8 Å². The maximum Gasteiger partial charge on any atom is 0.339 e. The van der Waals surface area contributed by atoms with Crippen molar-refractivity contribution in [3.05, 3.63) is 76.2 Å². The summed E-state index contributed by atoms with van der Waals surface area (Å²) in [6.45, 7) is 1.04. The third kappa shape index (κ3) is 3.05. The normalized spacial score (nSPS) is 21.5. The van der Waals surface area contributed by atoms with Gasteiger partial charge in [-0.1, -0.05) is 48.5 Å². The lowest BCUT2D eigenvalue weighted by atomic mass is 9.84. The zero-order valence-corrected chi connectivity index (χ0v) is 17.0. The number of piperidine rings is 1. The number of hydrogen-bond donors (Lipinski definition) is 1. The summed E-state index contributed by atoms with van der Waals surface area (Å²) in [6, 6.07) is 17.0. The number of likely N-dealkylation sites (tertiary alicyclic amines) is 1. The summed E-state index contributed by atoms with van der Waals surface area (Å²) in [5, 5.41) is 10.5. The molecule has 1 N–H and O–H groups in total. The number of hydrogen-bond acceptors (Lipinski definition) is 6. The molecule has 5 rings (SSSR count). The predicted octanol–water partition coefficient (Wildman–Crippen LogP) is 3.18. The van der Waals surface area contributed by atoms with Crippen LogP contribution in [-0.4, -0.2) is 46.7 Å². The van der Waals surface area contributed by atoms with Gasteiger partial charge in [0.05, 0.1) is 17.1 Å². The Balaban J connectivity index is 1.35. The highest BCUT2D eigenvalue weighted by atomic mass is 32.2. The van der Waals surface area contributed by atoms with E-state index >= 15 is 0 Å². The predicted molar refractivity (Wildman–Crippen MR) is 115 cm³/mol. The van der Waals surface area contributed by atoms with Crippen molar-refractivity contribution in [2.45, 2.75) is 18.4 Å². The highest BCUT2D eigenvalue weighted by molar-refractivity contribution is 8.18. The lowest BCUT2D eigenvalue weighted by Crippen LogP contribution is -2.44. The topological polar surface area (TPSA) is 79.2 Å². The van der Waals surface area contributed by atoms with Crippen LogP contribution in [0.2, 0.25) is 0 Å². The number of amides is 1. The number of fused-ring (bicyclic) bond motifs is 2. The number of carbonyl (C=O) groups excluding carboxylic acids is 2. The molecule has 1 spiro atoms. The molecule has 2 aromatic carbocycles. The maximum absolute atomic E-state index is 12.6. The van der Waals surface area contributed by atoms with Crippen molar-refractivity contribution in [3.8, 4) is 0 Å². The van der Waals surface area contributed by atoms with Crippen LogP contribution < -0.4 is 0 Å². The van der Waals surface area contributed by atoms with E-state index < -0.39 is 5.60 Å². The van der Waals surface area contributed by atoms with Gasteiger partial charge in [0.15, 0.2) is 5.17 Å². The molecule has 0 bridgehead atoms. The molecule has 0 radical (unpaired) electrons. The van der Waals surface area contributed by atoms with E-state index in [0.717, 1.165) is 11.1 Å². The molecule has 6 nitrogen and oxygen atoms in total. The molecule has 30 heavy (non-hydrogen) atoms. The summed E-state index contributed by atoms with van der Waals surface area (Å²) in [4.78, 5) is 31.6. The molecule has 3 aliphatic heterocycles. The van der Waals surface area contributed by atoms with Crippen molar-refractivity contribution in [1.29, 1.82) is 0 Å². The van der Waals surface area contributed by atoms with Gasteiger partial charge in [0, 0.05) is 37.1 Å². The number of nitrogens with zero attached hydrogens (tertiary/aromatic N) is 2. The van der Waals surface area contributed by atoms with Crippen molar-refractivity contribution in [2.75, 3.05) is 19.7 Å². The number of amidine groups is 1. The Labute approximate surface area is 178 Å². The van der Waals surface area contributed by atoms with Gasteiger partial charge in [0.2, 0.25) is 0 Å². The van der Waals surface area contributed by atoms with Crippen molar-refractivity contribution in [2.24, 2.45) is 4.99 Å². The fourth-order valence-electron chi connectivity index (χ4n) is 4.33. The molecule has 0 unspecified atom stereocenters. The van der Waals surface area contributed by atoms with E-state index in [0.29, 0.717) is 47.1 Å². The SMILES string of the molecule is O=C1N=C(N2CCC3(CC2)OC(=O)c2ccccc23)S/C1=C(/CO)c1ccccc1. The van der Waals surface area contributed by atoms with Crippen LogP contribution in [0, 0.1) is 0 Å². The minimum atomic E-state index is -0.586. The van der Waals surface area contributed by atoms with E-state index in [1.165, 1.54) is 11.8 Å². The highest BCUT2D eigenvalue weighted by Gasteiger charge is 2.48. The molecule has 152 valence electrons. The van der Waals surface area contributed by atoms with E-state index in [1.54, 1.807) is 0 Å². The number of carbonyl (C=O) groups is 2. The van der Waals surface area contributed by atoms with Gasteiger partial charge in [0.25, 0.3) is 5.91 Å². The van der Waals surface area contributed by atoms with Crippen LogP contribution in [-0.2, 0) is 15.1 Å². The molecule has 0 aromatic heterocycles. The molecule has 2 aromatic rings. The van der Waals surface area contributed by atoms with Gasteiger partial charge < -0.3 is 14.7 Å². The summed E-state index contributed by atoms with van der Waals surface area (Å²) in [5.74, 6) is -0.580. The number of ether oxygens (including phenoxy) is 1. The fraction of sp³-hybridized carbons (Fsp3) is 0.261. The second-order valence-electron chi connectivity index (χ2n) is 7.55. The maximum atomic E-state index is 12.6. The average molecular weight is 420 g/mol. The Bertz CT molecular complexity index is 1090. The van der Waals surface area contributed by atoms with Gasteiger partial charge in [-0.2, -0.15) is 4.99 Å². The number of thioether (sulfide) groups is 1. The highest BCUT2D eigenvalue weighted by Crippen LogP contribution is 2.45. The van der Waals surface area contributed by atoms with Crippen LogP contribution in [0.15, 0.2) is 64.5 Å². The largest absolute Gasteiger partial charge is 0.450 e. The number of rotatable bonds is 2. The van der Waals surface area contributed by atoms with Crippen LogP contribution in [0.5, 0.6) is 0 Å². The van der Waals surface area contributed by atoms with Crippen molar-refractivity contribution >= 4 is 34.4 Å². The zero-order chi connectivity index (χ0) is 20.7. The Hall–Kier alpha value is -2.90. The summed E-state index contributed by atoms with van der Waals surface area (Å²) >= 11 is 1.31. The number of aliphatic hydroxyl groups excluding tert-OH is 1. The molecule has 1 amide bonds. The minimum Gasteiger partial charge on any atom is -0.450 e. The lowest BCUT2D eigenvalue weighted by Gasteiger charge is -2.39. The Morgan fingerprint density at radius 2 is 1.77 bits per heavy atom. The van der Waals surface area contributed by atoms with E-state index in [9.17, 15) is 14.7 Å². The summed E-state index contributed by atoms with van der Waals surface area (Å²) < 4.78 is 5.81. The second kappa shape index (κ2) is 7.41. The van der Waals surface area contributed by atoms with E-state index in [4.69, 9.17) is 4.74 Å². The first kappa shape index (κ1) is 19.1. The summed E-state index contributed by atoms with van der Waals surface area (Å²) in [6.07, 6.45) is 1.29.